The zero-order valence-electron chi connectivity index (χ0n) is 33.0. The average Bonchev–Trinajstić information content (AvgIpc) is 3.68. The SMILES string of the molecule is Cc1cc(C2=CCCC(c3c(N)sc4c3CCC=C4)=C2)c2c(c1)N(c1ccc(C(C)(C)CCC(C)(C)C)cc1C)c1cc3c(cc1B2)sc1ccccc13. The molecule has 6 aromatic rings. The molecular formula is C49H51BN2S2. The van der Waals surface area contributed by atoms with Crippen LogP contribution in [-0.4, -0.2) is 7.28 Å². The predicted octanol–water partition coefficient (Wildman–Crippen LogP) is 12.8. The highest BCUT2D eigenvalue weighted by atomic mass is 32.1. The Balaban J connectivity index is 1.21. The van der Waals surface area contributed by atoms with E-state index in [9.17, 15) is 0 Å². The number of fused-ring (bicyclic) bond motifs is 6. The van der Waals surface area contributed by atoms with Crippen LogP contribution in [-0.2, 0) is 11.8 Å². The second-order valence-electron chi connectivity index (χ2n) is 17.8. The Morgan fingerprint density at radius 3 is 2.44 bits per heavy atom. The molecule has 0 radical (unpaired) electrons. The smallest absolute Gasteiger partial charge is 0.198 e. The number of rotatable bonds is 6. The first kappa shape index (κ1) is 35.4. The van der Waals surface area contributed by atoms with Gasteiger partial charge in [-0.15, -0.1) is 22.7 Å². The van der Waals surface area contributed by atoms with Crippen LogP contribution in [0.3, 0.4) is 0 Å². The van der Waals surface area contributed by atoms with Gasteiger partial charge in [-0.2, -0.15) is 0 Å². The molecule has 54 heavy (non-hydrogen) atoms. The zero-order chi connectivity index (χ0) is 37.5. The number of nitrogen functional groups attached to an aromatic ring is 1. The molecule has 2 aliphatic carbocycles. The third kappa shape index (κ3) is 6.18. The molecule has 9 rings (SSSR count). The van der Waals surface area contributed by atoms with Gasteiger partial charge in [-0.05, 0) is 144 Å². The fraction of sp³-hybridized carbons (Fsp3) is 0.306. The molecule has 2 nitrogen and oxygen atoms in total. The zero-order valence-corrected chi connectivity index (χ0v) is 34.6. The van der Waals surface area contributed by atoms with E-state index in [0.29, 0.717) is 5.41 Å². The minimum absolute atomic E-state index is 0.0959. The Kier molecular flexibility index (Phi) is 8.63. The highest BCUT2D eigenvalue weighted by molar-refractivity contribution is 7.26. The van der Waals surface area contributed by atoms with E-state index in [0.717, 1.165) is 44.4 Å². The maximum absolute atomic E-state index is 6.79. The van der Waals surface area contributed by atoms with E-state index in [4.69, 9.17) is 5.73 Å². The largest absolute Gasteiger partial charge is 0.390 e. The van der Waals surface area contributed by atoms with Crippen LogP contribution in [0.25, 0.3) is 37.4 Å². The van der Waals surface area contributed by atoms with E-state index in [1.54, 1.807) is 11.3 Å². The number of nitrogens with two attached hydrogens (primary N) is 1. The molecule has 0 amide bonds. The van der Waals surface area contributed by atoms with Crippen molar-refractivity contribution in [1.29, 1.82) is 0 Å². The van der Waals surface area contributed by atoms with Crippen LogP contribution < -0.4 is 21.6 Å². The van der Waals surface area contributed by atoms with Crippen molar-refractivity contribution in [3.8, 4) is 0 Å². The average molecular weight is 743 g/mol. The minimum Gasteiger partial charge on any atom is -0.390 e. The summed E-state index contributed by atoms with van der Waals surface area (Å²) in [5.41, 5.74) is 24.8. The van der Waals surface area contributed by atoms with E-state index >= 15 is 0 Å². The lowest BCUT2D eigenvalue weighted by Gasteiger charge is -2.37. The van der Waals surface area contributed by atoms with Crippen molar-refractivity contribution >= 4 is 100 Å². The summed E-state index contributed by atoms with van der Waals surface area (Å²) in [5.74, 6) is 0. The number of thiophene rings is 2. The van der Waals surface area contributed by atoms with Crippen LogP contribution in [0.4, 0.5) is 22.1 Å². The highest BCUT2D eigenvalue weighted by Gasteiger charge is 2.32. The molecule has 0 fully saturated rings. The molecule has 0 bridgehead atoms. The molecule has 2 aromatic heterocycles. The lowest BCUT2D eigenvalue weighted by molar-refractivity contribution is 0.315. The number of benzene rings is 4. The summed E-state index contributed by atoms with van der Waals surface area (Å²) < 4.78 is 2.72. The first-order valence-corrected chi connectivity index (χ1v) is 21.5. The maximum Gasteiger partial charge on any atom is 0.198 e. The molecule has 3 aliphatic rings. The van der Waals surface area contributed by atoms with Crippen molar-refractivity contribution in [2.75, 3.05) is 10.6 Å². The van der Waals surface area contributed by atoms with Crippen LogP contribution >= 0.6 is 22.7 Å². The summed E-state index contributed by atoms with van der Waals surface area (Å²) >= 11 is 3.68. The number of anilines is 4. The van der Waals surface area contributed by atoms with E-state index in [2.05, 4.69) is 144 Å². The Bertz CT molecular complexity index is 2580. The van der Waals surface area contributed by atoms with Gasteiger partial charge in [0, 0.05) is 47.7 Å². The molecule has 1 aliphatic heterocycles. The van der Waals surface area contributed by atoms with Gasteiger partial charge in [-0.25, -0.2) is 0 Å². The number of aryl methyl sites for hydroxylation is 2. The van der Waals surface area contributed by atoms with Crippen molar-refractivity contribution in [3.63, 3.8) is 0 Å². The van der Waals surface area contributed by atoms with Crippen LogP contribution in [0.1, 0.15) is 105 Å². The van der Waals surface area contributed by atoms with Crippen molar-refractivity contribution in [3.05, 3.63) is 123 Å². The van der Waals surface area contributed by atoms with Gasteiger partial charge in [-0.3, -0.25) is 0 Å². The van der Waals surface area contributed by atoms with Gasteiger partial charge in [0.1, 0.15) is 0 Å². The standard InChI is InChI=1S/C49H51BN2S2/c1-29-23-36(31-13-12-14-32(26-31)45-35-16-9-11-18-43(35)54-47(45)51)46-41(24-29)52(39-20-19-33(25-30(39)2)49(6,7)22-21-48(3,4)5)40-27-37-34-15-8-10-17-42(34)53-44(37)28-38(40)50-46/h8,10-11,13,15,17-20,23-28,50H,9,12,14,16,21-22,51H2,1-7H3. The molecule has 0 atom stereocenters. The number of allylic oxidation sites excluding steroid dienone is 5. The normalized spacial score (nSPS) is 15.5. The van der Waals surface area contributed by atoms with E-state index in [1.807, 2.05) is 11.3 Å². The number of hydrogen-bond acceptors (Lipinski definition) is 4. The second kappa shape index (κ2) is 13.2. The quantitative estimate of drug-likeness (QED) is 0.172. The molecule has 0 unspecified atom stereocenters. The van der Waals surface area contributed by atoms with Crippen LogP contribution in [0.5, 0.6) is 0 Å². The Hall–Kier alpha value is -4.32. The Morgan fingerprint density at radius 2 is 1.63 bits per heavy atom. The number of nitrogens with zero attached hydrogens (tertiary/aromatic N) is 1. The monoisotopic (exact) mass is 742 g/mol. The van der Waals surface area contributed by atoms with Gasteiger partial charge >= 0.3 is 0 Å². The molecule has 0 saturated carbocycles. The fourth-order valence-corrected chi connectivity index (χ4v) is 11.3. The minimum atomic E-state index is 0.0959. The summed E-state index contributed by atoms with van der Waals surface area (Å²) in [6, 6.07) is 26.1. The van der Waals surface area contributed by atoms with E-state index in [1.165, 1.54) is 104 Å². The third-order valence-electron chi connectivity index (χ3n) is 12.2. The molecule has 4 aromatic carbocycles. The van der Waals surface area contributed by atoms with E-state index in [-0.39, 0.29) is 5.41 Å². The fourth-order valence-electron chi connectivity index (χ4n) is 9.07. The maximum atomic E-state index is 6.79. The molecule has 0 saturated heterocycles. The summed E-state index contributed by atoms with van der Waals surface area (Å²) in [5, 5.41) is 3.67. The first-order chi connectivity index (χ1) is 25.8. The van der Waals surface area contributed by atoms with Gasteiger partial charge in [-0.1, -0.05) is 94.7 Å². The third-order valence-corrected chi connectivity index (χ3v) is 14.3. The lowest BCUT2D eigenvalue weighted by Crippen LogP contribution is -2.41. The molecule has 272 valence electrons. The number of hydrogen-bond donors (Lipinski definition) is 1. The van der Waals surface area contributed by atoms with Crippen LogP contribution in [0.15, 0.2) is 85.0 Å². The molecule has 3 heterocycles. The summed E-state index contributed by atoms with van der Waals surface area (Å²) in [6.45, 7) is 16.5. The lowest BCUT2D eigenvalue weighted by atomic mass is 9.57. The summed E-state index contributed by atoms with van der Waals surface area (Å²) in [4.78, 5) is 3.95. The van der Waals surface area contributed by atoms with Crippen LogP contribution in [0.2, 0.25) is 0 Å². The first-order valence-electron chi connectivity index (χ1n) is 19.8. The summed E-state index contributed by atoms with van der Waals surface area (Å²) in [7, 11) is 0.902. The van der Waals surface area contributed by atoms with Crippen molar-refractivity contribution in [2.24, 2.45) is 5.41 Å². The molecule has 5 heteroatoms. The van der Waals surface area contributed by atoms with Crippen molar-refractivity contribution in [1.82, 2.24) is 0 Å². The van der Waals surface area contributed by atoms with Gasteiger partial charge in [0.2, 0.25) is 0 Å². The predicted molar refractivity (Wildman–Crippen MR) is 243 cm³/mol. The van der Waals surface area contributed by atoms with Crippen molar-refractivity contribution in [2.45, 2.75) is 92.4 Å². The summed E-state index contributed by atoms with van der Waals surface area (Å²) in [6.07, 6.45) is 16.1. The van der Waals surface area contributed by atoms with Gasteiger partial charge < -0.3 is 10.6 Å². The van der Waals surface area contributed by atoms with Gasteiger partial charge in [0.05, 0.1) is 5.00 Å². The van der Waals surface area contributed by atoms with E-state index < -0.39 is 0 Å². The van der Waals surface area contributed by atoms with Crippen LogP contribution in [0, 0.1) is 19.3 Å². The molecular weight excluding hydrogens is 691 g/mol. The van der Waals surface area contributed by atoms with Gasteiger partial charge in [0.25, 0.3) is 0 Å². The molecule has 0 spiro atoms. The topological polar surface area (TPSA) is 29.3 Å². The Morgan fingerprint density at radius 1 is 0.796 bits per heavy atom. The van der Waals surface area contributed by atoms with Gasteiger partial charge in [0.15, 0.2) is 7.28 Å². The Labute approximate surface area is 330 Å². The second-order valence-corrected chi connectivity index (χ2v) is 20.0. The molecule has 2 N–H and O–H groups in total. The van der Waals surface area contributed by atoms with Crippen molar-refractivity contribution < 1.29 is 0 Å². The highest BCUT2D eigenvalue weighted by Crippen LogP contribution is 2.46.